The van der Waals surface area contributed by atoms with Crippen LogP contribution in [0, 0.1) is 0 Å². The van der Waals surface area contributed by atoms with Crippen LogP contribution in [0.1, 0.15) is 22.1 Å². The molecule has 0 aliphatic carbocycles. The van der Waals surface area contributed by atoms with Gasteiger partial charge in [-0.2, -0.15) is 0 Å². The Kier molecular flexibility index (Phi) is 2.26. The maximum Gasteiger partial charge on any atom is 0.215 e. The van der Waals surface area contributed by atoms with Crippen molar-refractivity contribution < 1.29 is 19.4 Å². The lowest BCUT2D eigenvalue weighted by Crippen LogP contribution is -2.20. The van der Waals surface area contributed by atoms with Crippen LogP contribution in [0.4, 0.5) is 0 Å². The summed E-state index contributed by atoms with van der Waals surface area (Å²) in [6.45, 7) is -3.08. The van der Waals surface area contributed by atoms with E-state index in [9.17, 15) is 8.42 Å². The number of sulfonamides is 1. The predicted molar refractivity (Wildman–Crippen MR) is 82.2 cm³/mol. The third-order valence-electron chi connectivity index (χ3n) is 2.63. The highest BCUT2D eigenvalue weighted by molar-refractivity contribution is 7.88. The van der Waals surface area contributed by atoms with Gasteiger partial charge in [-0.1, -0.05) is 6.07 Å². The fraction of sp³-hybridized carbons (Fsp3) is 0.429. The van der Waals surface area contributed by atoms with Crippen molar-refractivity contribution in [1.82, 2.24) is 14.6 Å². The van der Waals surface area contributed by atoms with Gasteiger partial charge in [-0.15, -0.1) is 0 Å². The summed E-state index contributed by atoms with van der Waals surface area (Å²) in [7, 11) is -2.04. The fourth-order valence-corrected chi connectivity index (χ4v) is 2.20. The molecular weight excluding hydrogens is 274 g/mol. The summed E-state index contributed by atoms with van der Waals surface area (Å²) >= 11 is 0. The average molecular weight is 303 g/mol. The highest BCUT2D eigenvalue weighted by atomic mass is 32.2. The molecule has 0 aliphatic heterocycles. The van der Waals surface area contributed by atoms with E-state index in [4.69, 9.17) is 11.0 Å². The molecule has 6 heteroatoms. The Hall–Kier alpha value is -1.37. The van der Waals surface area contributed by atoms with Gasteiger partial charge in [0.15, 0.2) is 0 Å². The second-order valence-electron chi connectivity index (χ2n) is 4.23. The van der Waals surface area contributed by atoms with E-state index in [1.165, 1.54) is 25.2 Å². The van der Waals surface area contributed by atoms with E-state index in [1.807, 2.05) is 4.72 Å². The number of nitrogens with zero attached hydrogens (tertiary/aromatic N) is 1. The number of aromatic amines is 1. The van der Waals surface area contributed by atoms with Crippen molar-refractivity contribution in [3.63, 3.8) is 0 Å². The summed E-state index contributed by atoms with van der Waals surface area (Å²) in [5.74, 6) is 0. The Balaban J connectivity index is 2.64. The number of benzene rings is 1. The molecule has 1 heterocycles. The van der Waals surface area contributed by atoms with Gasteiger partial charge in [0.2, 0.25) is 10.0 Å². The Labute approximate surface area is 131 Å². The van der Waals surface area contributed by atoms with Gasteiger partial charge in [-0.3, -0.25) is 0 Å². The monoisotopic (exact) mass is 303 g/mol. The average Bonchev–Trinajstić information content (AvgIpc) is 2.88. The molecule has 0 radical (unpaired) electrons. The van der Waals surface area contributed by atoms with Gasteiger partial charge in [-0.25, -0.2) is 13.1 Å². The highest BCUT2D eigenvalue weighted by Crippen LogP contribution is 2.21. The van der Waals surface area contributed by atoms with Crippen LogP contribution in [0.25, 0.3) is 10.9 Å². The van der Waals surface area contributed by atoms with Crippen LogP contribution in [-0.4, -0.2) is 45.9 Å². The summed E-state index contributed by atoms with van der Waals surface area (Å²) in [5, 5.41) is 0.113. The van der Waals surface area contributed by atoms with Crippen LogP contribution >= 0.6 is 0 Å². The van der Waals surface area contributed by atoms with Crippen molar-refractivity contribution in [2.24, 2.45) is 0 Å². The van der Waals surface area contributed by atoms with E-state index in [1.54, 1.807) is 0 Å². The molecule has 5 nitrogen and oxygen atoms in total. The van der Waals surface area contributed by atoms with Crippen molar-refractivity contribution in [2.45, 2.75) is 12.1 Å². The zero-order valence-electron chi connectivity index (χ0n) is 19.1. The summed E-state index contributed by atoms with van der Waals surface area (Å²) in [4.78, 5) is 3.49. The number of hydrogen-bond acceptors (Lipinski definition) is 3. The Morgan fingerprint density at radius 1 is 1.55 bits per heavy atom. The molecule has 0 unspecified atom stereocenters. The minimum Gasteiger partial charge on any atom is -0.361 e. The summed E-state index contributed by atoms with van der Waals surface area (Å²) in [6.07, 6.45) is -2.57. The zero-order chi connectivity index (χ0) is 21.7. The molecule has 2 N–H and O–H groups in total. The second-order valence-corrected chi connectivity index (χ2v) is 5.85. The molecular formula is C14H21N3O2S. The van der Waals surface area contributed by atoms with Crippen LogP contribution in [-0.2, 0) is 22.1 Å². The van der Waals surface area contributed by atoms with Crippen molar-refractivity contribution >= 4 is 20.9 Å². The zero-order valence-corrected chi connectivity index (χ0v) is 11.9. The molecule has 0 saturated carbocycles. The quantitative estimate of drug-likeness (QED) is 0.846. The van der Waals surface area contributed by atoms with Gasteiger partial charge in [0.25, 0.3) is 0 Å². The standard InChI is InChI=1S/C14H21N3O2S/c1-15-20(18,19)10-11-4-5-14-13(8-11)12(9-16-14)6-7-17(2)3/h4-5,8-9,15-16H,6-7,10H2,1-3H3/i2D3,6D2,9D,10D2. The topological polar surface area (TPSA) is 65.2 Å². The van der Waals surface area contributed by atoms with Crippen molar-refractivity contribution in [3.05, 3.63) is 35.5 Å². The van der Waals surface area contributed by atoms with Gasteiger partial charge in [0.05, 0.1) is 7.08 Å². The largest absolute Gasteiger partial charge is 0.361 e. The highest BCUT2D eigenvalue weighted by Gasteiger charge is 2.11. The number of rotatable bonds is 6. The first kappa shape index (κ1) is 7.59. The first-order chi connectivity index (χ1) is 12.5. The van der Waals surface area contributed by atoms with Crippen molar-refractivity contribution in [2.75, 3.05) is 27.6 Å². The van der Waals surface area contributed by atoms with E-state index in [0.29, 0.717) is 5.52 Å². The Morgan fingerprint density at radius 3 is 3.05 bits per heavy atom. The van der Waals surface area contributed by atoms with Crippen molar-refractivity contribution in [3.8, 4) is 0 Å². The SMILES string of the molecule is [2H]c1[nH]c2ccc(C([2H])([2H])S(=O)(=O)NC)cc2c1C([2H])([2H])CN(C)C([2H])([2H])[2H]. The number of nitrogens with one attached hydrogen (secondary N) is 2. The van der Waals surface area contributed by atoms with Gasteiger partial charge in [-0.05, 0) is 50.7 Å². The van der Waals surface area contributed by atoms with Gasteiger partial charge in [0.1, 0.15) is 0 Å². The normalized spacial score (nSPS) is 20.4. The smallest absolute Gasteiger partial charge is 0.215 e. The van der Waals surface area contributed by atoms with E-state index in [-0.39, 0.29) is 22.7 Å². The Morgan fingerprint density at radius 2 is 2.35 bits per heavy atom. The number of H-pyrrole nitrogens is 1. The number of aromatic nitrogens is 1. The lowest BCUT2D eigenvalue weighted by atomic mass is 10.1. The van der Waals surface area contributed by atoms with Crippen LogP contribution in [0.2, 0.25) is 0 Å². The van der Waals surface area contributed by atoms with E-state index in [0.717, 1.165) is 11.9 Å². The number of hydrogen-bond donors (Lipinski definition) is 2. The third-order valence-corrected chi connectivity index (χ3v) is 3.67. The molecule has 0 aliphatic rings. The molecule has 1 aromatic carbocycles. The number of likely N-dealkylation sites (N-methyl/N-ethyl adjacent to an activating group) is 1. The lowest BCUT2D eigenvalue weighted by Gasteiger charge is -2.08. The molecule has 110 valence electrons. The first-order valence-corrected chi connectivity index (χ1v) is 7.30. The van der Waals surface area contributed by atoms with E-state index >= 15 is 0 Å². The Bertz CT molecular complexity index is 984. The molecule has 0 atom stereocenters. The summed E-state index contributed by atoms with van der Waals surface area (Å²) < 4.78 is 88.7. The summed E-state index contributed by atoms with van der Waals surface area (Å²) in [6, 6.07) is 3.76. The lowest BCUT2D eigenvalue weighted by molar-refractivity contribution is 0.414. The molecule has 1 aromatic heterocycles. The third kappa shape index (κ3) is 3.59. The predicted octanol–water partition coefficient (Wildman–Crippen LogP) is 1.32. The molecule has 2 aromatic rings. The summed E-state index contributed by atoms with van der Waals surface area (Å²) in [5.41, 5.74) is -2.90. The van der Waals surface area contributed by atoms with Crippen LogP contribution in [0.15, 0.2) is 24.4 Å². The van der Waals surface area contributed by atoms with Gasteiger partial charge in [0, 0.05) is 33.2 Å². The molecule has 20 heavy (non-hydrogen) atoms. The molecule has 0 saturated heterocycles. The van der Waals surface area contributed by atoms with E-state index < -0.39 is 35.6 Å². The molecule has 0 spiro atoms. The maximum atomic E-state index is 12.0. The minimum absolute atomic E-state index is 0.113. The molecule has 0 bridgehead atoms. The molecule has 0 fully saturated rings. The maximum absolute atomic E-state index is 12.0. The minimum atomic E-state index is -4.35. The first-order valence-electron chi connectivity index (χ1n) is 9.82. The van der Waals surface area contributed by atoms with Gasteiger partial charge >= 0.3 is 0 Å². The van der Waals surface area contributed by atoms with Gasteiger partial charge < -0.3 is 9.88 Å². The molecule has 2 rings (SSSR count). The van der Waals surface area contributed by atoms with Crippen LogP contribution in [0.3, 0.4) is 0 Å². The fourth-order valence-electron chi connectivity index (χ4n) is 1.66. The number of fused-ring (bicyclic) bond motifs is 1. The van der Waals surface area contributed by atoms with E-state index in [2.05, 4.69) is 4.98 Å². The second kappa shape index (κ2) is 5.95. The van der Waals surface area contributed by atoms with Crippen LogP contribution < -0.4 is 4.72 Å². The van der Waals surface area contributed by atoms with Crippen molar-refractivity contribution in [1.29, 1.82) is 0 Å². The molecule has 0 amide bonds. The van der Waals surface area contributed by atoms with Crippen LogP contribution in [0.5, 0.6) is 0 Å².